The number of hydrogen-bond donors (Lipinski definition) is 2. The molecular weight excluding hydrogens is 334 g/mol. The van der Waals surface area contributed by atoms with Crippen LogP contribution in [0, 0.1) is 0 Å². The van der Waals surface area contributed by atoms with Crippen molar-refractivity contribution >= 4 is 25.1 Å². The van der Waals surface area contributed by atoms with Crippen LogP contribution in [0.4, 0.5) is 5.95 Å². The summed E-state index contributed by atoms with van der Waals surface area (Å²) < 4.78 is 7.73. The van der Waals surface area contributed by atoms with Gasteiger partial charge in [0.05, 0.1) is 11.1 Å². The zero-order chi connectivity index (χ0) is 18.0. The second-order valence-corrected chi connectivity index (χ2v) is 12.8. The van der Waals surface area contributed by atoms with E-state index in [0.717, 1.165) is 11.6 Å². The Bertz CT molecular complexity index is 942. The third-order valence-electron chi connectivity index (χ3n) is 3.96. The number of H-pyrrole nitrogens is 1. The highest BCUT2D eigenvalue weighted by Gasteiger charge is 2.16. The van der Waals surface area contributed by atoms with Crippen molar-refractivity contribution in [1.82, 2.24) is 19.5 Å². The molecule has 0 saturated carbocycles. The van der Waals surface area contributed by atoms with Crippen LogP contribution in [-0.4, -0.2) is 34.2 Å². The minimum atomic E-state index is -1.13. The van der Waals surface area contributed by atoms with E-state index in [0.29, 0.717) is 30.1 Å². The van der Waals surface area contributed by atoms with E-state index in [1.165, 1.54) is 6.07 Å². The van der Waals surface area contributed by atoms with Crippen LogP contribution in [0.1, 0.15) is 0 Å². The first-order valence-corrected chi connectivity index (χ1v) is 11.9. The summed E-state index contributed by atoms with van der Waals surface area (Å²) in [6.45, 7) is 8.04. The molecular formula is C17H23N5O2Si. The molecule has 3 N–H and O–H groups in total. The van der Waals surface area contributed by atoms with Crippen molar-refractivity contribution in [3.05, 3.63) is 40.9 Å². The van der Waals surface area contributed by atoms with Crippen LogP contribution in [0.15, 0.2) is 35.5 Å². The molecule has 0 bridgehead atoms. The summed E-state index contributed by atoms with van der Waals surface area (Å²) in [7, 11) is -1.13. The molecule has 0 fully saturated rings. The Kier molecular flexibility index (Phi) is 4.73. The van der Waals surface area contributed by atoms with Crippen LogP contribution in [0.25, 0.3) is 22.3 Å². The van der Waals surface area contributed by atoms with Crippen molar-refractivity contribution in [2.24, 2.45) is 0 Å². The van der Waals surface area contributed by atoms with Crippen molar-refractivity contribution in [1.29, 1.82) is 0 Å². The molecule has 0 unspecified atom stereocenters. The summed E-state index contributed by atoms with van der Waals surface area (Å²) >= 11 is 0. The molecule has 0 aromatic carbocycles. The third-order valence-corrected chi connectivity index (χ3v) is 5.66. The van der Waals surface area contributed by atoms with Crippen LogP contribution < -0.4 is 11.2 Å². The van der Waals surface area contributed by atoms with Gasteiger partial charge in [-0.25, -0.2) is 9.97 Å². The number of aromatic amines is 1. The monoisotopic (exact) mass is 357 g/mol. The molecule has 0 aliphatic carbocycles. The topological polar surface area (TPSA) is 98.8 Å². The molecule has 3 aromatic heterocycles. The van der Waals surface area contributed by atoms with Gasteiger partial charge in [0.25, 0.3) is 0 Å². The van der Waals surface area contributed by atoms with Crippen molar-refractivity contribution in [3.8, 4) is 11.3 Å². The summed E-state index contributed by atoms with van der Waals surface area (Å²) in [6, 6.07) is 4.35. The summed E-state index contributed by atoms with van der Waals surface area (Å²) in [5.41, 5.74) is 7.68. The Labute approximate surface area is 146 Å². The number of rotatable bonds is 6. The van der Waals surface area contributed by atoms with Crippen LogP contribution >= 0.6 is 0 Å². The maximum absolute atomic E-state index is 12.4. The number of nitrogens with two attached hydrogens (primary N) is 1. The first-order chi connectivity index (χ1) is 11.8. The number of nitrogen functional groups attached to an aromatic ring is 1. The van der Waals surface area contributed by atoms with Gasteiger partial charge < -0.3 is 20.0 Å². The zero-order valence-electron chi connectivity index (χ0n) is 14.7. The molecule has 8 heteroatoms. The standard InChI is InChI=1S/C17H23N5O2Si/c1-25(2,3)9-8-24-11-22-10-12(13-4-6-20-17(18)21-13)15-14(23)5-7-19-16(15)22/h4-7,10H,8-9,11H2,1-3H3,(H,19,23)(H2,18,20,21). The largest absolute Gasteiger partial charge is 0.368 e. The number of fused-ring (bicyclic) bond motifs is 1. The molecule has 7 nitrogen and oxygen atoms in total. The fraction of sp³-hybridized carbons (Fsp3) is 0.353. The molecule has 25 heavy (non-hydrogen) atoms. The predicted molar refractivity (Wildman–Crippen MR) is 102 cm³/mol. The first kappa shape index (κ1) is 17.4. The molecule has 3 aromatic rings. The Balaban J connectivity index is 1.95. The number of anilines is 1. The summed E-state index contributed by atoms with van der Waals surface area (Å²) in [4.78, 5) is 23.7. The number of pyridine rings is 1. The summed E-state index contributed by atoms with van der Waals surface area (Å²) in [5.74, 6) is 0.178. The average Bonchev–Trinajstić information content (AvgIpc) is 2.91. The van der Waals surface area contributed by atoms with Gasteiger partial charge >= 0.3 is 0 Å². The predicted octanol–water partition coefficient (Wildman–Crippen LogP) is 2.68. The minimum absolute atomic E-state index is 0.0678. The maximum atomic E-state index is 12.4. The molecule has 0 radical (unpaired) electrons. The summed E-state index contributed by atoms with van der Waals surface area (Å²) in [6.07, 6.45) is 5.10. The van der Waals surface area contributed by atoms with E-state index in [9.17, 15) is 4.79 Å². The maximum Gasteiger partial charge on any atom is 0.220 e. The molecule has 0 atom stereocenters. The average molecular weight is 357 g/mol. The highest BCUT2D eigenvalue weighted by Crippen LogP contribution is 2.26. The molecule has 0 amide bonds. The second kappa shape index (κ2) is 6.81. The first-order valence-electron chi connectivity index (χ1n) is 8.22. The van der Waals surface area contributed by atoms with Gasteiger partial charge in [-0.1, -0.05) is 19.6 Å². The van der Waals surface area contributed by atoms with Crippen molar-refractivity contribution in [2.75, 3.05) is 12.3 Å². The lowest BCUT2D eigenvalue weighted by atomic mass is 10.1. The van der Waals surface area contributed by atoms with E-state index >= 15 is 0 Å². The number of aromatic nitrogens is 4. The van der Waals surface area contributed by atoms with E-state index in [1.807, 2.05) is 10.8 Å². The Hall–Kier alpha value is -2.45. The van der Waals surface area contributed by atoms with Gasteiger partial charge in [0.15, 0.2) is 5.43 Å². The van der Waals surface area contributed by atoms with E-state index in [2.05, 4.69) is 34.6 Å². The van der Waals surface area contributed by atoms with Gasteiger partial charge in [-0.2, -0.15) is 0 Å². The molecule has 132 valence electrons. The normalized spacial score (nSPS) is 12.0. The van der Waals surface area contributed by atoms with E-state index in [-0.39, 0.29) is 11.4 Å². The third kappa shape index (κ3) is 3.97. The van der Waals surface area contributed by atoms with Crippen LogP contribution in [0.2, 0.25) is 25.7 Å². The van der Waals surface area contributed by atoms with Crippen molar-refractivity contribution in [2.45, 2.75) is 32.4 Å². The van der Waals surface area contributed by atoms with Gasteiger partial charge in [0.2, 0.25) is 5.95 Å². The number of hydrogen-bond acceptors (Lipinski definition) is 5. The Morgan fingerprint density at radius 1 is 1.32 bits per heavy atom. The van der Waals surface area contributed by atoms with Crippen LogP contribution in [0.5, 0.6) is 0 Å². The SMILES string of the molecule is C[Si](C)(C)CCOCn1cc(-c2ccnc(N)n2)c2c(=O)cc[nH]c21. The lowest BCUT2D eigenvalue weighted by Gasteiger charge is -2.15. The van der Waals surface area contributed by atoms with Crippen LogP contribution in [0.3, 0.4) is 0 Å². The Morgan fingerprint density at radius 3 is 2.84 bits per heavy atom. The summed E-state index contributed by atoms with van der Waals surface area (Å²) in [5, 5.41) is 0.578. The van der Waals surface area contributed by atoms with Crippen LogP contribution in [-0.2, 0) is 11.5 Å². The van der Waals surface area contributed by atoms with Gasteiger partial charge in [0, 0.05) is 44.9 Å². The van der Waals surface area contributed by atoms with Gasteiger partial charge in [-0.3, -0.25) is 4.79 Å². The molecule has 0 aliphatic rings. The highest BCUT2D eigenvalue weighted by molar-refractivity contribution is 6.76. The Morgan fingerprint density at radius 2 is 2.12 bits per heavy atom. The van der Waals surface area contributed by atoms with E-state index in [4.69, 9.17) is 10.5 Å². The molecule has 0 saturated heterocycles. The molecule has 0 spiro atoms. The number of ether oxygens (including phenoxy) is 1. The number of nitrogens with zero attached hydrogens (tertiary/aromatic N) is 3. The van der Waals surface area contributed by atoms with Crippen molar-refractivity contribution in [3.63, 3.8) is 0 Å². The van der Waals surface area contributed by atoms with Gasteiger partial charge in [0.1, 0.15) is 12.4 Å². The lowest BCUT2D eigenvalue weighted by molar-refractivity contribution is 0.0899. The quantitative estimate of drug-likeness (QED) is 0.522. The highest BCUT2D eigenvalue weighted by atomic mass is 28.3. The van der Waals surface area contributed by atoms with Crippen molar-refractivity contribution < 1.29 is 4.74 Å². The fourth-order valence-electron chi connectivity index (χ4n) is 2.60. The second-order valence-electron chi connectivity index (χ2n) is 7.23. The smallest absolute Gasteiger partial charge is 0.220 e. The lowest BCUT2D eigenvalue weighted by Crippen LogP contribution is -2.22. The fourth-order valence-corrected chi connectivity index (χ4v) is 3.36. The van der Waals surface area contributed by atoms with E-state index in [1.54, 1.807) is 18.5 Å². The zero-order valence-corrected chi connectivity index (χ0v) is 15.7. The number of nitrogens with one attached hydrogen (secondary N) is 1. The van der Waals surface area contributed by atoms with Gasteiger partial charge in [-0.15, -0.1) is 0 Å². The molecule has 3 heterocycles. The molecule has 3 rings (SSSR count). The van der Waals surface area contributed by atoms with E-state index < -0.39 is 8.07 Å². The molecule has 0 aliphatic heterocycles. The minimum Gasteiger partial charge on any atom is -0.368 e. The van der Waals surface area contributed by atoms with Gasteiger partial charge in [-0.05, 0) is 12.1 Å².